The van der Waals surface area contributed by atoms with E-state index < -0.39 is 5.60 Å². The van der Waals surface area contributed by atoms with E-state index in [0.717, 1.165) is 0 Å². The number of ether oxygens (including phenoxy) is 1. The zero-order chi connectivity index (χ0) is 10.7. The molecule has 13 heavy (non-hydrogen) atoms. The normalized spacial score (nSPS) is 12.4. The van der Waals surface area contributed by atoms with Gasteiger partial charge in [-0.2, -0.15) is 12.6 Å². The lowest BCUT2D eigenvalue weighted by atomic mass is 9.95. The van der Waals surface area contributed by atoms with Crippen LogP contribution in [-0.2, 0) is 9.53 Å². The topological polar surface area (TPSA) is 26.3 Å². The molecule has 0 amide bonds. The number of thiol groups is 1. The Hall–Kier alpha value is -0.440. The molecule has 0 aromatic rings. The third-order valence-electron chi connectivity index (χ3n) is 1.40. The standard InChI is InChI=1S/C10H18O2S/c1-6-8(11)12-9(2,3)7-10(4,5)13/h6,13H,1,7H2,2-5H3. The van der Waals surface area contributed by atoms with Crippen molar-refractivity contribution < 1.29 is 9.53 Å². The van der Waals surface area contributed by atoms with Gasteiger partial charge < -0.3 is 4.74 Å². The van der Waals surface area contributed by atoms with Gasteiger partial charge in [0.25, 0.3) is 0 Å². The van der Waals surface area contributed by atoms with Gasteiger partial charge in [-0.05, 0) is 13.8 Å². The molecule has 0 unspecified atom stereocenters. The van der Waals surface area contributed by atoms with E-state index >= 15 is 0 Å². The highest BCUT2D eigenvalue weighted by molar-refractivity contribution is 7.81. The van der Waals surface area contributed by atoms with Crippen LogP contribution in [-0.4, -0.2) is 16.3 Å². The van der Waals surface area contributed by atoms with E-state index in [4.69, 9.17) is 4.74 Å². The first-order valence-corrected chi connectivity index (χ1v) is 4.69. The molecule has 0 aliphatic heterocycles. The molecule has 3 heteroatoms. The van der Waals surface area contributed by atoms with Crippen LogP contribution in [0.25, 0.3) is 0 Å². The van der Waals surface area contributed by atoms with E-state index in [1.807, 2.05) is 27.7 Å². The average Bonchev–Trinajstić information content (AvgIpc) is 1.80. The van der Waals surface area contributed by atoms with Gasteiger partial charge in [0.05, 0.1) is 0 Å². The number of carbonyl (C=O) groups excluding carboxylic acids is 1. The lowest BCUT2D eigenvalue weighted by molar-refractivity contribution is -0.151. The van der Waals surface area contributed by atoms with Gasteiger partial charge in [0, 0.05) is 17.2 Å². The van der Waals surface area contributed by atoms with Gasteiger partial charge in [-0.3, -0.25) is 0 Å². The van der Waals surface area contributed by atoms with Crippen molar-refractivity contribution in [1.82, 2.24) is 0 Å². The summed E-state index contributed by atoms with van der Waals surface area (Å²) in [5.74, 6) is -0.386. The fraction of sp³-hybridized carbons (Fsp3) is 0.700. The molecule has 0 fully saturated rings. The van der Waals surface area contributed by atoms with Gasteiger partial charge in [-0.25, -0.2) is 4.79 Å². The highest BCUT2D eigenvalue weighted by Crippen LogP contribution is 2.27. The van der Waals surface area contributed by atoms with Crippen LogP contribution in [0.5, 0.6) is 0 Å². The van der Waals surface area contributed by atoms with E-state index in [1.165, 1.54) is 6.08 Å². The van der Waals surface area contributed by atoms with Crippen LogP contribution in [0.15, 0.2) is 12.7 Å². The van der Waals surface area contributed by atoms with Gasteiger partial charge in [0.1, 0.15) is 5.60 Å². The van der Waals surface area contributed by atoms with Crippen LogP contribution >= 0.6 is 12.6 Å². The minimum absolute atomic E-state index is 0.148. The lowest BCUT2D eigenvalue weighted by Crippen LogP contribution is -2.33. The smallest absolute Gasteiger partial charge is 0.330 e. The molecular formula is C10H18O2S. The molecule has 0 saturated carbocycles. The van der Waals surface area contributed by atoms with Crippen LogP contribution < -0.4 is 0 Å². The molecule has 0 aliphatic carbocycles. The molecular weight excluding hydrogens is 184 g/mol. The maximum absolute atomic E-state index is 10.9. The SMILES string of the molecule is C=CC(=O)OC(C)(C)CC(C)(C)S. The zero-order valence-corrected chi connectivity index (χ0v) is 9.65. The molecule has 76 valence electrons. The number of carbonyl (C=O) groups is 1. The lowest BCUT2D eigenvalue weighted by Gasteiger charge is -2.31. The predicted molar refractivity (Wildman–Crippen MR) is 58.1 cm³/mol. The Morgan fingerprint density at radius 3 is 2.23 bits per heavy atom. The summed E-state index contributed by atoms with van der Waals surface area (Å²) in [4.78, 5) is 10.9. The molecule has 0 radical (unpaired) electrons. The van der Waals surface area contributed by atoms with E-state index in [9.17, 15) is 4.79 Å². The summed E-state index contributed by atoms with van der Waals surface area (Å²) in [6.07, 6.45) is 1.87. The second-order valence-electron chi connectivity index (χ2n) is 4.37. The summed E-state index contributed by atoms with van der Waals surface area (Å²) in [5.41, 5.74) is -0.490. The Balaban J connectivity index is 4.24. The fourth-order valence-electron chi connectivity index (χ4n) is 1.39. The van der Waals surface area contributed by atoms with Crippen LogP contribution in [0.1, 0.15) is 34.1 Å². The third-order valence-corrected chi connectivity index (χ3v) is 1.56. The van der Waals surface area contributed by atoms with E-state index in [0.29, 0.717) is 6.42 Å². The van der Waals surface area contributed by atoms with E-state index in [1.54, 1.807) is 0 Å². The van der Waals surface area contributed by atoms with Crippen molar-refractivity contribution in [2.45, 2.75) is 44.5 Å². The molecule has 0 aromatic carbocycles. The quantitative estimate of drug-likeness (QED) is 0.431. The Morgan fingerprint density at radius 1 is 1.46 bits per heavy atom. The van der Waals surface area contributed by atoms with Crippen molar-refractivity contribution in [2.24, 2.45) is 0 Å². The highest BCUT2D eigenvalue weighted by atomic mass is 32.1. The van der Waals surface area contributed by atoms with Crippen molar-refractivity contribution in [3.63, 3.8) is 0 Å². The monoisotopic (exact) mass is 202 g/mol. The maximum atomic E-state index is 10.9. The van der Waals surface area contributed by atoms with Gasteiger partial charge in [-0.15, -0.1) is 0 Å². The molecule has 0 aromatic heterocycles. The molecule has 0 saturated heterocycles. The molecule has 0 spiro atoms. The molecule has 0 atom stereocenters. The Morgan fingerprint density at radius 2 is 1.92 bits per heavy atom. The second-order valence-corrected chi connectivity index (χ2v) is 5.58. The molecule has 0 heterocycles. The summed E-state index contributed by atoms with van der Waals surface area (Å²) in [6, 6.07) is 0. The van der Waals surface area contributed by atoms with Gasteiger partial charge in [-0.1, -0.05) is 20.4 Å². The van der Waals surface area contributed by atoms with Crippen LogP contribution in [0.2, 0.25) is 0 Å². The van der Waals surface area contributed by atoms with Crippen LogP contribution in [0, 0.1) is 0 Å². The number of hydrogen-bond acceptors (Lipinski definition) is 3. The van der Waals surface area contributed by atoms with Gasteiger partial charge in [0.2, 0.25) is 0 Å². The summed E-state index contributed by atoms with van der Waals surface area (Å²) in [5, 5.41) is 0. The number of hydrogen-bond donors (Lipinski definition) is 1. The number of esters is 1. The molecule has 0 aliphatic rings. The molecule has 2 nitrogen and oxygen atoms in total. The summed E-state index contributed by atoms with van der Waals surface area (Å²) in [6.45, 7) is 11.1. The minimum atomic E-state index is -0.490. The average molecular weight is 202 g/mol. The van der Waals surface area contributed by atoms with Gasteiger partial charge in [0.15, 0.2) is 0 Å². The Bertz CT molecular complexity index is 201. The highest BCUT2D eigenvalue weighted by Gasteiger charge is 2.28. The fourth-order valence-corrected chi connectivity index (χ4v) is 1.77. The summed E-state index contributed by atoms with van der Waals surface area (Å²) >= 11 is 4.38. The van der Waals surface area contributed by atoms with E-state index in [2.05, 4.69) is 19.2 Å². The molecule has 0 N–H and O–H groups in total. The van der Waals surface area contributed by atoms with Crippen LogP contribution in [0.3, 0.4) is 0 Å². The largest absolute Gasteiger partial charge is 0.456 e. The number of rotatable bonds is 4. The predicted octanol–water partition coefficient (Wildman–Crippen LogP) is 2.59. The Labute approximate surface area is 85.8 Å². The van der Waals surface area contributed by atoms with Crippen molar-refractivity contribution >= 4 is 18.6 Å². The Kier molecular flexibility index (Phi) is 4.04. The first-order valence-electron chi connectivity index (χ1n) is 4.24. The van der Waals surface area contributed by atoms with Gasteiger partial charge >= 0.3 is 5.97 Å². The summed E-state index contributed by atoms with van der Waals surface area (Å²) < 4.78 is 5.01. The minimum Gasteiger partial charge on any atom is -0.456 e. The van der Waals surface area contributed by atoms with Crippen molar-refractivity contribution in [3.8, 4) is 0 Å². The summed E-state index contributed by atoms with van der Waals surface area (Å²) in [7, 11) is 0. The molecule has 0 rings (SSSR count). The third kappa shape index (κ3) is 6.70. The van der Waals surface area contributed by atoms with Crippen molar-refractivity contribution in [2.75, 3.05) is 0 Å². The second kappa shape index (κ2) is 4.18. The first kappa shape index (κ1) is 12.6. The van der Waals surface area contributed by atoms with Crippen molar-refractivity contribution in [3.05, 3.63) is 12.7 Å². The van der Waals surface area contributed by atoms with Crippen molar-refractivity contribution in [1.29, 1.82) is 0 Å². The zero-order valence-electron chi connectivity index (χ0n) is 8.76. The first-order chi connectivity index (χ1) is 5.66. The molecule has 0 bridgehead atoms. The maximum Gasteiger partial charge on any atom is 0.330 e. The van der Waals surface area contributed by atoms with E-state index in [-0.39, 0.29) is 10.7 Å². The van der Waals surface area contributed by atoms with Crippen LogP contribution in [0.4, 0.5) is 0 Å².